The zero-order valence-electron chi connectivity index (χ0n) is 13.9. The van der Waals surface area contributed by atoms with Crippen LogP contribution in [-0.4, -0.2) is 84.8 Å². The number of aromatic amines is 1. The smallest absolute Gasteiger partial charge is 0.272 e. The van der Waals surface area contributed by atoms with Crippen LogP contribution in [0.4, 0.5) is 0 Å². The summed E-state index contributed by atoms with van der Waals surface area (Å²) in [7, 11) is 4.08. The second-order valence-electron chi connectivity index (χ2n) is 6.58. The molecule has 23 heavy (non-hydrogen) atoms. The van der Waals surface area contributed by atoms with Crippen molar-refractivity contribution < 1.29 is 14.3 Å². The van der Waals surface area contributed by atoms with E-state index in [0.717, 1.165) is 26.0 Å². The number of ether oxygens (including phenoxy) is 2. The van der Waals surface area contributed by atoms with Crippen LogP contribution in [0.1, 0.15) is 23.3 Å². The number of carbonyl (C=O) groups is 1. The Kier molecular flexibility index (Phi) is 5.30. The fraction of sp³-hybridized carbons (Fsp3) is 0.750. The number of aromatic nitrogens is 2. The molecule has 0 bridgehead atoms. The average Bonchev–Trinajstić information content (AvgIpc) is 3.20. The van der Waals surface area contributed by atoms with E-state index in [-0.39, 0.29) is 18.1 Å². The van der Waals surface area contributed by atoms with Gasteiger partial charge >= 0.3 is 0 Å². The lowest BCUT2D eigenvalue weighted by Gasteiger charge is -2.39. The van der Waals surface area contributed by atoms with Crippen molar-refractivity contribution in [2.75, 3.05) is 47.0 Å². The maximum absolute atomic E-state index is 12.6. The number of imidazole rings is 1. The van der Waals surface area contributed by atoms with Crippen molar-refractivity contribution in [1.82, 2.24) is 19.8 Å². The Morgan fingerprint density at radius 2 is 2.39 bits per heavy atom. The van der Waals surface area contributed by atoms with Gasteiger partial charge < -0.3 is 24.3 Å². The zero-order chi connectivity index (χ0) is 16.2. The molecular weight excluding hydrogens is 296 g/mol. The summed E-state index contributed by atoms with van der Waals surface area (Å²) in [5.41, 5.74) is 0.552. The van der Waals surface area contributed by atoms with E-state index in [0.29, 0.717) is 31.4 Å². The second-order valence-corrected chi connectivity index (χ2v) is 6.58. The average molecular weight is 322 g/mol. The first-order valence-electron chi connectivity index (χ1n) is 8.30. The lowest BCUT2D eigenvalue weighted by molar-refractivity contribution is -0.0757. The summed E-state index contributed by atoms with van der Waals surface area (Å²) < 4.78 is 11.8. The van der Waals surface area contributed by atoms with E-state index in [1.54, 1.807) is 12.5 Å². The quantitative estimate of drug-likeness (QED) is 0.777. The number of rotatable bonds is 6. The molecular formula is C16H26N4O3. The number of H-pyrrole nitrogens is 1. The minimum atomic E-state index is 0.0231. The van der Waals surface area contributed by atoms with E-state index >= 15 is 0 Å². The molecule has 1 aliphatic carbocycles. The molecule has 0 unspecified atom stereocenters. The standard InChI is InChI=1S/C16H26N4O3/c1-19(2)5-7-22-10-12-3-4-14-15(12)23-8-6-20(14)16(21)13-9-17-11-18-13/h9,11-12,14-15H,3-8,10H2,1-2H3,(H,17,18)/t12-,14+,15-/m0/s1. The van der Waals surface area contributed by atoms with E-state index in [4.69, 9.17) is 9.47 Å². The first kappa shape index (κ1) is 16.4. The van der Waals surface area contributed by atoms with Crippen LogP contribution in [0.5, 0.6) is 0 Å². The first-order valence-corrected chi connectivity index (χ1v) is 8.30. The SMILES string of the molecule is CN(C)CCOC[C@@H]1CC[C@@H]2[C@H]1OCCN2C(=O)c1cnc[nH]1. The number of carbonyl (C=O) groups excluding carboxylic acids is 1. The van der Waals surface area contributed by atoms with E-state index in [9.17, 15) is 4.79 Å². The molecule has 2 fully saturated rings. The van der Waals surface area contributed by atoms with E-state index < -0.39 is 0 Å². The summed E-state index contributed by atoms with van der Waals surface area (Å²) in [4.78, 5) is 23.5. The van der Waals surface area contributed by atoms with Crippen LogP contribution < -0.4 is 0 Å². The summed E-state index contributed by atoms with van der Waals surface area (Å²) in [5.74, 6) is 0.398. The van der Waals surface area contributed by atoms with Gasteiger partial charge in [0.05, 0.1) is 44.5 Å². The normalized spacial score (nSPS) is 27.4. The van der Waals surface area contributed by atoms with Crippen molar-refractivity contribution in [3.05, 3.63) is 18.2 Å². The van der Waals surface area contributed by atoms with Gasteiger partial charge in [-0.2, -0.15) is 0 Å². The van der Waals surface area contributed by atoms with Gasteiger partial charge in [-0.15, -0.1) is 0 Å². The number of likely N-dealkylation sites (N-methyl/N-ethyl adjacent to an activating group) is 1. The van der Waals surface area contributed by atoms with Crippen LogP contribution in [0.25, 0.3) is 0 Å². The lowest BCUT2D eigenvalue weighted by Crippen LogP contribution is -2.53. The highest BCUT2D eigenvalue weighted by Gasteiger charge is 2.44. The summed E-state index contributed by atoms with van der Waals surface area (Å²) in [6.07, 6.45) is 5.25. The molecule has 0 spiro atoms. The number of fused-ring (bicyclic) bond motifs is 1. The Labute approximate surface area is 137 Å². The van der Waals surface area contributed by atoms with Crippen molar-refractivity contribution in [2.24, 2.45) is 5.92 Å². The van der Waals surface area contributed by atoms with Crippen LogP contribution in [0.15, 0.2) is 12.5 Å². The highest BCUT2D eigenvalue weighted by molar-refractivity contribution is 5.92. The van der Waals surface area contributed by atoms with Gasteiger partial charge in [-0.1, -0.05) is 0 Å². The summed E-state index contributed by atoms with van der Waals surface area (Å²) in [6, 6.07) is 0.155. The van der Waals surface area contributed by atoms with Gasteiger partial charge in [-0.25, -0.2) is 4.98 Å². The molecule has 2 aliphatic rings. The maximum atomic E-state index is 12.6. The molecule has 1 N–H and O–H groups in total. The van der Waals surface area contributed by atoms with E-state index in [1.807, 2.05) is 19.0 Å². The molecule has 7 heteroatoms. The fourth-order valence-corrected chi connectivity index (χ4v) is 3.50. The van der Waals surface area contributed by atoms with Crippen LogP contribution in [0.2, 0.25) is 0 Å². The second kappa shape index (κ2) is 7.42. The third-order valence-corrected chi connectivity index (χ3v) is 4.72. The van der Waals surface area contributed by atoms with Crippen LogP contribution in [0, 0.1) is 5.92 Å². The minimum absolute atomic E-state index is 0.0231. The monoisotopic (exact) mass is 322 g/mol. The molecule has 3 rings (SSSR count). The highest BCUT2D eigenvalue weighted by Crippen LogP contribution is 2.35. The maximum Gasteiger partial charge on any atom is 0.272 e. The number of nitrogens with zero attached hydrogens (tertiary/aromatic N) is 3. The van der Waals surface area contributed by atoms with Gasteiger partial charge in [0.15, 0.2) is 0 Å². The molecule has 0 radical (unpaired) electrons. The van der Waals surface area contributed by atoms with Gasteiger partial charge in [0.25, 0.3) is 5.91 Å². The van der Waals surface area contributed by atoms with Gasteiger partial charge in [0.2, 0.25) is 0 Å². The van der Waals surface area contributed by atoms with E-state index in [1.165, 1.54) is 0 Å². The van der Waals surface area contributed by atoms with Gasteiger partial charge in [0.1, 0.15) is 5.69 Å². The summed E-state index contributed by atoms with van der Waals surface area (Å²) in [6.45, 7) is 3.60. The molecule has 2 heterocycles. The molecule has 7 nitrogen and oxygen atoms in total. The Hall–Kier alpha value is -1.44. The predicted octanol–water partition coefficient (Wildman–Crippen LogP) is 0.608. The van der Waals surface area contributed by atoms with Crippen molar-refractivity contribution in [3.8, 4) is 0 Å². The van der Waals surface area contributed by atoms with Crippen molar-refractivity contribution >= 4 is 5.91 Å². The molecule has 0 aromatic carbocycles. The van der Waals surface area contributed by atoms with E-state index in [2.05, 4.69) is 14.9 Å². The molecule has 3 atom stereocenters. The predicted molar refractivity (Wildman–Crippen MR) is 85.2 cm³/mol. The first-order chi connectivity index (χ1) is 11.2. The van der Waals surface area contributed by atoms with Crippen molar-refractivity contribution in [2.45, 2.75) is 25.0 Å². The highest BCUT2D eigenvalue weighted by atomic mass is 16.5. The molecule has 1 saturated carbocycles. The number of nitrogens with one attached hydrogen (secondary N) is 1. The molecule has 1 aromatic heterocycles. The van der Waals surface area contributed by atoms with Gasteiger partial charge in [0, 0.05) is 19.0 Å². The Balaban J connectivity index is 1.56. The molecule has 128 valence electrons. The van der Waals surface area contributed by atoms with Gasteiger partial charge in [-0.3, -0.25) is 4.79 Å². The topological polar surface area (TPSA) is 70.7 Å². The Morgan fingerprint density at radius 1 is 1.52 bits per heavy atom. The molecule has 1 saturated heterocycles. The van der Waals surface area contributed by atoms with Crippen molar-refractivity contribution in [1.29, 1.82) is 0 Å². The van der Waals surface area contributed by atoms with Crippen LogP contribution >= 0.6 is 0 Å². The number of hydrogen-bond donors (Lipinski definition) is 1. The fourth-order valence-electron chi connectivity index (χ4n) is 3.50. The summed E-state index contributed by atoms with van der Waals surface area (Å²) >= 11 is 0. The van der Waals surface area contributed by atoms with Gasteiger partial charge in [-0.05, 0) is 26.9 Å². The van der Waals surface area contributed by atoms with Crippen LogP contribution in [0.3, 0.4) is 0 Å². The Morgan fingerprint density at radius 3 is 3.13 bits per heavy atom. The third-order valence-electron chi connectivity index (χ3n) is 4.72. The third kappa shape index (κ3) is 3.73. The van der Waals surface area contributed by atoms with Crippen molar-refractivity contribution in [3.63, 3.8) is 0 Å². The largest absolute Gasteiger partial charge is 0.380 e. The lowest BCUT2D eigenvalue weighted by atomic mass is 10.0. The van der Waals surface area contributed by atoms with Crippen LogP contribution in [-0.2, 0) is 9.47 Å². The zero-order valence-corrected chi connectivity index (χ0v) is 13.9. The number of amides is 1. The Bertz CT molecular complexity index is 505. The molecule has 1 amide bonds. The number of morpholine rings is 1. The summed E-state index contributed by atoms with van der Waals surface area (Å²) in [5, 5.41) is 0. The molecule has 1 aromatic rings. The number of hydrogen-bond acceptors (Lipinski definition) is 5. The molecule has 1 aliphatic heterocycles. The minimum Gasteiger partial charge on any atom is -0.380 e.